The zero-order valence-electron chi connectivity index (χ0n) is 10.3. The monoisotopic (exact) mass is 267 g/mol. The van der Waals surface area contributed by atoms with E-state index in [2.05, 4.69) is 4.90 Å². The van der Waals surface area contributed by atoms with Gasteiger partial charge in [-0.05, 0) is 32.2 Å². The van der Waals surface area contributed by atoms with E-state index in [4.69, 9.17) is 4.74 Å². The first kappa shape index (κ1) is 14.1. The Labute approximate surface area is 105 Å². The highest BCUT2D eigenvalue weighted by Gasteiger charge is 2.35. The molecule has 3 atom stereocenters. The van der Waals surface area contributed by atoms with Crippen LogP contribution in [0, 0.1) is 0 Å². The van der Waals surface area contributed by atoms with Crippen molar-refractivity contribution in [1.82, 2.24) is 4.90 Å². The summed E-state index contributed by atoms with van der Waals surface area (Å²) in [4.78, 5) is 2.28. The highest BCUT2D eigenvalue weighted by molar-refractivity contribution is 4.87. The first-order chi connectivity index (χ1) is 8.46. The number of rotatable bonds is 4. The molecule has 0 aromatic carbocycles. The van der Waals surface area contributed by atoms with Crippen molar-refractivity contribution in [1.29, 1.82) is 0 Å². The van der Waals surface area contributed by atoms with Gasteiger partial charge in [0.15, 0.2) is 0 Å². The molecule has 0 spiro atoms. The summed E-state index contributed by atoms with van der Waals surface area (Å²) >= 11 is 0. The highest BCUT2D eigenvalue weighted by Crippen LogP contribution is 2.26. The molecule has 2 aliphatic rings. The number of halogens is 3. The van der Waals surface area contributed by atoms with Crippen LogP contribution in [0.3, 0.4) is 0 Å². The third-order valence-electron chi connectivity index (χ3n) is 3.81. The molecule has 3 nitrogen and oxygen atoms in total. The Morgan fingerprint density at radius 1 is 1.39 bits per heavy atom. The van der Waals surface area contributed by atoms with Gasteiger partial charge in [-0.1, -0.05) is 0 Å². The van der Waals surface area contributed by atoms with E-state index >= 15 is 0 Å². The van der Waals surface area contributed by atoms with Crippen molar-refractivity contribution >= 4 is 0 Å². The van der Waals surface area contributed by atoms with Crippen molar-refractivity contribution in [2.45, 2.75) is 56.5 Å². The summed E-state index contributed by atoms with van der Waals surface area (Å²) in [6, 6.07) is 0.448. The maximum Gasteiger partial charge on any atom is 0.389 e. The van der Waals surface area contributed by atoms with Gasteiger partial charge in [0.25, 0.3) is 0 Å². The molecule has 0 amide bonds. The number of fused-ring (bicyclic) bond motifs is 1. The summed E-state index contributed by atoms with van der Waals surface area (Å²) in [7, 11) is 0. The number of ether oxygens (including phenoxy) is 1. The van der Waals surface area contributed by atoms with Crippen molar-refractivity contribution in [2.24, 2.45) is 0 Å². The molecule has 0 radical (unpaired) electrons. The summed E-state index contributed by atoms with van der Waals surface area (Å²) in [6.45, 7) is 2.26. The van der Waals surface area contributed by atoms with Gasteiger partial charge in [0, 0.05) is 19.0 Å². The molecule has 2 saturated heterocycles. The van der Waals surface area contributed by atoms with Crippen LogP contribution in [0.15, 0.2) is 0 Å². The molecule has 18 heavy (non-hydrogen) atoms. The third-order valence-corrected chi connectivity index (χ3v) is 3.81. The largest absolute Gasteiger partial charge is 0.390 e. The average molecular weight is 267 g/mol. The van der Waals surface area contributed by atoms with Gasteiger partial charge in [0.1, 0.15) is 0 Å². The molecule has 106 valence electrons. The van der Waals surface area contributed by atoms with Gasteiger partial charge in [-0.15, -0.1) is 0 Å². The van der Waals surface area contributed by atoms with Crippen LogP contribution in [0.5, 0.6) is 0 Å². The Morgan fingerprint density at radius 3 is 2.89 bits per heavy atom. The minimum absolute atomic E-state index is 0.0338. The van der Waals surface area contributed by atoms with Crippen LogP contribution in [0.2, 0.25) is 0 Å². The first-order valence-electron chi connectivity index (χ1n) is 6.56. The second-order valence-electron chi connectivity index (χ2n) is 5.24. The Hall–Kier alpha value is -0.330. The lowest BCUT2D eigenvalue weighted by Gasteiger charge is -2.37. The summed E-state index contributed by atoms with van der Waals surface area (Å²) in [5.74, 6) is 0. The van der Waals surface area contributed by atoms with Gasteiger partial charge in [-0.25, -0.2) is 0 Å². The predicted molar refractivity (Wildman–Crippen MR) is 60.2 cm³/mol. The number of aliphatic hydroxyl groups excluding tert-OH is 1. The fourth-order valence-electron chi connectivity index (χ4n) is 2.77. The number of alkyl halides is 3. The van der Waals surface area contributed by atoms with Gasteiger partial charge in [0.05, 0.1) is 18.8 Å². The molecule has 0 aromatic heterocycles. The van der Waals surface area contributed by atoms with Gasteiger partial charge in [-0.2, -0.15) is 13.2 Å². The molecule has 0 saturated carbocycles. The number of nitrogens with zero attached hydrogens (tertiary/aromatic N) is 1. The SMILES string of the molecule is OC(CCCC(F)(F)F)C1CN2CCCC2CO1. The Morgan fingerprint density at radius 2 is 2.17 bits per heavy atom. The van der Waals surface area contributed by atoms with Gasteiger partial charge in [0.2, 0.25) is 0 Å². The van der Waals surface area contributed by atoms with E-state index in [1.165, 1.54) is 0 Å². The zero-order chi connectivity index (χ0) is 13.2. The van der Waals surface area contributed by atoms with E-state index in [9.17, 15) is 18.3 Å². The first-order valence-corrected chi connectivity index (χ1v) is 6.56. The summed E-state index contributed by atoms with van der Waals surface area (Å²) < 4.78 is 41.6. The molecule has 0 aromatic rings. The maximum atomic E-state index is 12.0. The second kappa shape index (κ2) is 5.75. The number of hydrogen-bond acceptors (Lipinski definition) is 3. The van der Waals surface area contributed by atoms with Crippen LogP contribution in [-0.4, -0.2) is 54.1 Å². The standard InChI is InChI=1S/C12H20F3NO2/c13-12(14,15)5-1-4-10(17)11-7-16-6-2-3-9(16)8-18-11/h9-11,17H,1-8H2. The van der Waals surface area contributed by atoms with Crippen LogP contribution in [0.1, 0.15) is 32.1 Å². The molecule has 2 aliphatic heterocycles. The quantitative estimate of drug-likeness (QED) is 0.845. The Kier molecular flexibility index (Phi) is 4.50. The summed E-state index contributed by atoms with van der Waals surface area (Å²) in [5.41, 5.74) is 0. The van der Waals surface area contributed by atoms with E-state index in [1.54, 1.807) is 0 Å². The molecular formula is C12H20F3NO2. The molecular weight excluding hydrogens is 247 g/mol. The molecule has 0 aliphatic carbocycles. The van der Waals surface area contributed by atoms with E-state index in [-0.39, 0.29) is 18.9 Å². The lowest BCUT2D eigenvalue weighted by atomic mass is 10.0. The second-order valence-corrected chi connectivity index (χ2v) is 5.24. The summed E-state index contributed by atoms with van der Waals surface area (Å²) in [5, 5.41) is 9.87. The molecule has 3 unspecified atom stereocenters. The number of aliphatic hydroxyl groups is 1. The lowest BCUT2D eigenvalue weighted by molar-refractivity contribution is -0.140. The average Bonchev–Trinajstić information content (AvgIpc) is 2.73. The third kappa shape index (κ3) is 3.83. The topological polar surface area (TPSA) is 32.7 Å². The van der Waals surface area contributed by atoms with Gasteiger partial charge >= 0.3 is 6.18 Å². The normalized spacial score (nSPS) is 31.3. The van der Waals surface area contributed by atoms with Crippen molar-refractivity contribution < 1.29 is 23.0 Å². The van der Waals surface area contributed by atoms with E-state index in [1.807, 2.05) is 0 Å². The molecule has 0 bridgehead atoms. The Balaban J connectivity index is 1.71. The maximum absolute atomic E-state index is 12.0. The predicted octanol–water partition coefficient (Wildman–Crippen LogP) is 1.94. The van der Waals surface area contributed by atoms with Crippen molar-refractivity contribution in [2.75, 3.05) is 19.7 Å². The molecule has 2 rings (SSSR count). The van der Waals surface area contributed by atoms with Crippen LogP contribution < -0.4 is 0 Å². The van der Waals surface area contributed by atoms with Crippen LogP contribution in [-0.2, 0) is 4.74 Å². The minimum Gasteiger partial charge on any atom is -0.390 e. The fraction of sp³-hybridized carbons (Fsp3) is 1.00. The molecule has 2 fully saturated rings. The van der Waals surface area contributed by atoms with Crippen LogP contribution in [0.4, 0.5) is 13.2 Å². The van der Waals surface area contributed by atoms with Gasteiger partial charge in [-0.3, -0.25) is 4.90 Å². The number of morpholine rings is 1. The lowest BCUT2D eigenvalue weighted by Crippen LogP contribution is -2.50. The van der Waals surface area contributed by atoms with Gasteiger partial charge < -0.3 is 9.84 Å². The summed E-state index contributed by atoms with van der Waals surface area (Å²) in [6.07, 6.45) is -3.68. The zero-order valence-corrected chi connectivity index (χ0v) is 10.3. The highest BCUT2D eigenvalue weighted by atomic mass is 19.4. The molecule has 1 N–H and O–H groups in total. The Bertz CT molecular complexity index is 273. The molecule has 6 heteroatoms. The smallest absolute Gasteiger partial charge is 0.389 e. The van der Waals surface area contributed by atoms with E-state index in [0.29, 0.717) is 19.2 Å². The van der Waals surface area contributed by atoms with Crippen molar-refractivity contribution in [3.05, 3.63) is 0 Å². The minimum atomic E-state index is -4.13. The fourth-order valence-corrected chi connectivity index (χ4v) is 2.77. The van der Waals surface area contributed by atoms with Crippen molar-refractivity contribution in [3.8, 4) is 0 Å². The van der Waals surface area contributed by atoms with Crippen LogP contribution >= 0.6 is 0 Å². The van der Waals surface area contributed by atoms with Crippen LogP contribution in [0.25, 0.3) is 0 Å². The van der Waals surface area contributed by atoms with E-state index in [0.717, 1.165) is 19.4 Å². The number of hydrogen-bond donors (Lipinski definition) is 1. The van der Waals surface area contributed by atoms with E-state index < -0.39 is 18.7 Å². The van der Waals surface area contributed by atoms with Crippen molar-refractivity contribution in [3.63, 3.8) is 0 Å². The molecule has 2 heterocycles.